The van der Waals surface area contributed by atoms with Crippen LogP contribution in [0.3, 0.4) is 0 Å². The fourth-order valence-corrected chi connectivity index (χ4v) is 18.0. The number of hydrogen-bond donors (Lipinski definition) is 4. The normalized spacial score (nSPS) is 21.2. The molecule has 25 nitrogen and oxygen atoms in total. The van der Waals surface area contributed by atoms with Gasteiger partial charge in [0, 0.05) is 118 Å². The third-order valence-electron chi connectivity index (χ3n) is 23.3. The van der Waals surface area contributed by atoms with Crippen LogP contribution in [0.5, 0.6) is 34.5 Å². The highest BCUT2D eigenvalue weighted by atomic mass is 19.4. The molecule has 4 N–H and O–H groups in total. The van der Waals surface area contributed by atoms with Gasteiger partial charge in [-0.3, -0.25) is 38.4 Å². The second kappa shape index (κ2) is 38.6. The Kier molecular flexibility index (Phi) is 28.5. The van der Waals surface area contributed by atoms with E-state index in [4.69, 9.17) is 24.4 Å². The largest absolute Gasteiger partial charge is 0.573 e. The number of carbonyl (C=O) groups excluding carboxylic acids is 7. The summed E-state index contributed by atoms with van der Waals surface area (Å²) in [4.78, 5) is 122. The Morgan fingerprint density at radius 1 is 0.419 bits per heavy atom. The molecule has 3 heterocycles. The molecule has 6 aliphatic carbocycles. The van der Waals surface area contributed by atoms with E-state index in [1.807, 2.05) is 4.90 Å². The Balaban J connectivity index is 0.000000158. The van der Waals surface area contributed by atoms with Gasteiger partial charge in [-0.2, -0.15) is 0 Å². The topological polar surface area (TPSA) is 307 Å². The zero-order valence-corrected chi connectivity index (χ0v) is 67.7. The minimum absolute atomic E-state index is 0.0154. The maximum Gasteiger partial charge on any atom is 0.573 e. The van der Waals surface area contributed by atoms with Crippen molar-refractivity contribution in [1.82, 2.24) is 14.7 Å². The highest BCUT2D eigenvalue weighted by Gasteiger charge is 2.55. The number of aliphatic carboxylic acids is 1. The molecule has 6 aromatic rings. The van der Waals surface area contributed by atoms with E-state index in [0.717, 1.165) is 131 Å². The summed E-state index contributed by atoms with van der Waals surface area (Å²) in [6.45, 7) is 3.99. The van der Waals surface area contributed by atoms with Crippen LogP contribution < -0.4 is 38.8 Å². The van der Waals surface area contributed by atoms with Crippen LogP contribution in [0.4, 0.5) is 69.7 Å². The molecule has 9 atom stereocenters. The molecule has 6 saturated carbocycles. The third-order valence-corrected chi connectivity index (χ3v) is 23.3. The smallest absolute Gasteiger partial charge is 0.504 e. The third kappa shape index (κ3) is 21.9. The number of esters is 2. The highest BCUT2D eigenvalue weighted by molar-refractivity contribution is 6.09. The number of amides is 5. The number of nitrogens with zero attached hydrogens (tertiary/aromatic N) is 5. The lowest BCUT2D eigenvalue weighted by molar-refractivity contribution is -0.276. The van der Waals surface area contributed by atoms with Crippen LogP contribution in [0.2, 0.25) is 0 Å². The van der Waals surface area contributed by atoms with Gasteiger partial charge in [-0.05, 0) is 200 Å². The first-order chi connectivity index (χ1) is 58.9. The van der Waals surface area contributed by atoms with Crippen molar-refractivity contribution in [3.8, 4) is 34.5 Å². The second-order valence-corrected chi connectivity index (χ2v) is 31.5. The Morgan fingerprint density at radius 2 is 0.790 bits per heavy atom. The molecule has 124 heavy (non-hydrogen) atoms. The number of alkyl halides is 9. The van der Waals surface area contributed by atoms with Gasteiger partial charge in [0.1, 0.15) is 17.5 Å². The molecule has 0 unspecified atom stereocenters. The lowest BCUT2D eigenvalue weighted by Gasteiger charge is -2.48. The maximum atomic E-state index is 14.8. The molecule has 15 rings (SSSR count). The number of halogens is 12. The zero-order chi connectivity index (χ0) is 89.6. The standard InChI is InChI=1S/C30H32F4N2O6.C27H26F4N2O6.C21H27FN2O3.C9H7F3O4/c1-3-41-27(38)14-13-26(37)35(19-9-10-19)28-20-5-4-6-22(20)36(23-11-8-18(31)16-21(23)28)29(39)17-7-12-24(25(15-17)40-2)42-30(32,33)34;28-15-5-8-20-18(13-15)25(32(16-6-7-16)23(35)10-11-24(36)37)17-2-1-3-19(17)33(20)26(38)14-4-9-22(21(34)12-14)39-27(29,30)31;1-2-27-20(26)11-10-19(25)24(14-7-8-14)21-15-4-3-5-17(15)23-18-9-6-13(22)12-16(18)21;1-15-7-4-5(8(13)14)2-3-6(7)16-9(10,11)12/h7-8,11-12,15-16,19-20,22,28H,3-6,9-10,13-14H2,1-2H3;4-5,8-9,12-13,16-17,19,25,34H,1-3,6-7,10-11H2,(H,36,37);6,9,12,14-15,17,21,23H,2-5,7-8,10-11H2,1H3;2-4H,1H3,(H,13,14)/t20-,22+,28-;17-,19+,25-;15-,17+,21-;/m111./s1. The van der Waals surface area contributed by atoms with Gasteiger partial charge >= 0.3 is 43.0 Å². The number of ether oxygens (including phenoxy) is 7. The summed E-state index contributed by atoms with van der Waals surface area (Å²) in [6.07, 6.45) is -2.92. The number of phenolic OH excluding ortho intramolecular Hbond substituents is 1. The van der Waals surface area contributed by atoms with Gasteiger partial charge in [0.25, 0.3) is 11.8 Å². The molecule has 0 radical (unpaired) electrons. The number of nitrogens with one attached hydrogen (secondary N) is 1. The van der Waals surface area contributed by atoms with Gasteiger partial charge < -0.3 is 78.3 Å². The number of carboxylic acid groups (broad SMARTS) is 2. The number of carbonyl (C=O) groups is 9. The molecule has 0 aromatic heterocycles. The van der Waals surface area contributed by atoms with Gasteiger partial charge in [0.05, 0.1) is 70.4 Å². The summed E-state index contributed by atoms with van der Waals surface area (Å²) in [5.74, 6) is -9.78. The van der Waals surface area contributed by atoms with Crippen molar-refractivity contribution in [2.75, 3.05) is 42.5 Å². The molecule has 0 saturated heterocycles. The Labute approximate surface area is 703 Å². The van der Waals surface area contributed by atoms with Gasteiger partial charge in [-0.15, -0.1) is 39.5 Å². The first kappa shape index (κ1) is 91.5. The number of rotatable bonds is 25. The molecular formula is C87H92F12N6O19. The Bertz CT molecular complexity index is 4960. The number of fused-ring (bicyclic) bond motifs is 6. The molecular weight excluding hydrogens is 1660 g/mol. The minimum Gasteiger partial charge on any atom is -0.504 e. The van der Waals surface area contributed by atoms with Crippen LogP contribution >= 0.6 is 0 Å². The molecule has 5 amide bonds. The molecule has 0 spiro atoms. The molecule has 6 fully saturated rings. The van der Waals surface area contributed by atoms with Crippen LogP contribution in [0.1, 0.15) is 215 Å². The number of carboxylic acids is 2. The average molecular weight is 1750 g/mol. The van der Waals surface area contributed by atoms with E-state index in [1.54, 1.807) is 40.7 Å². The number of hydrogen-bond acceptors (Lipinski definition) is 18. The van der Waals surface area contributed by atoms with Gasteiger partial charge in [0.2, 0.25) is 17.7 Å². The van der Waals surface area contributed by atoms with Crippen LogP contribution in [-0.4, -0.2) is 166 Å². The number of methoxy groups -OCH3 is 2. The first-order valence-corrected chi connectivity index (χ1v) is 40.9. The van der Waals surface area contributed by atoms with Crippen LogP contribution in [0.25, 0.3) is 0 Å². The quantitative estimate of drug-likeness (QED) is 0.0306. The molecule has 37 heteroatoms. The molecule has 668 valence electrons. The van der Waals surface area contributed by atoms with Crippen molar-refractivity contribution in [2.45, 2.75) is 222 Å². The lowest BCUT2D eigenvalue weighted by atomic mass is 9.81. The van der Waals surface area contributed by atoms with Gasteiger partial charge in [0.15, 0.2) is 34.5 Å². The Morgan fingerprint density at radius 3 is 1.19 bits per heavy atom. The minimum atomic E-state index is -5.03. The summed E-state index contributed by atoms with van der Waals surface area (Å²) >= 11 is 0. The monoisotopic (exact) mass is 1750 g/mol. The molecule has 3 aliphatic heterocycles. The predicted molar refractivity (Wildman–Crippen MR) is 417 cm³/mol. The zero-order valence-electron chi connectivity index (χ0n) is 67.7. The number of benzene rings is 6. The van der Waals surface area contributed by atoms with E-state index in [9.17, 15) is 101 Å². The van der Waals surface area contributed by atoms with Crippen molar-refractivity contribution in [1.29, 1.82) is 0 Å². The Hall–Kier alpha value is -11.7. The number of phenols is 1. The fourth-order valence-electron chi connectivity index (χ4n) is 18.0. The first-order valence-electron chi connectivity index (χ1n) is 40.9. The van der Waals surface area contributed by atoms with E-state index < -0.39 is 102 Å². The molecule has 0 bridgehead atoms. The number of aromatic hydroxyl groups is 1. The summed E-state index contributed by atoms with van der Waals surface area (Å²) in [6, 6.07) is 20.5. The van der Waals surface area contributed by atoms with E-state index in [2.05, 4.69) is 24.3 Å². The van der Waals surface area contributed by atoms with Crippen LogP contribution in [-0.2, 0) is 38.2 Å². The van der Waals surface area contributed by atoms with Gasteiger partial charge in [-0.1, -0.05) is 19.3 Å². The number of aromatic carboxylic acids is 1. The van der Waals surface area contributed by atoms with Gasteiger partial charge in [-0.25, -0.2) is 18.0 Å². The summed E-state index contributed by atoms with van der Waals surface area (Å²) in [5.41, 5.74) is 3.34. The summed E-state index contributed by atoms with van der Waals surface area (Å²) < 4.78 is 187. The van der Waals surface area contributed by atoms with E-state index >= 15 is 0 Å². The summed E-state index contributed by atoms with van der Waals surface area (Å²) in [7, 11) is 2.29. The average Bonchev–Trinajstić information content (AvgIpc) is 1.55. The van der Waals surface area contributed by atoms with Crippen LogP contribution in [0.15, 0.2) is 109 Å². The highest BCUT2D eigenvalue weighted by Crippen LogP contribution is 2.57. The predicted octanol–water partition coefficient (Wildman–Crippen LogP) is 17.2. The lowest BCUT2D eigenvalue weighted by Crippen LogP contribution is -2.53. The van der Waals surface area contributed by atoms with Crippen molar-refractivity contribution < 1.29 is 144 Å². The molecule has 9 aliphatic rings. The van der Waals surface area contributed by atoms with E-state index in [-0.39, 0.29) is 145 Å². The van der Waals surface area contributed by atoms with Crippen molar-refractivity contribution in [3.63, 3.8) is 0 Å². The van der Waals surface area contributed by atoms with E-state index in [0.29, 0.717) is 66.8 Å². The van der Waals surface area contributed by atoms with Crippen molar-refractivity contribution >= 4 is 70.5 Å². The number of anilines is 3. The van der Waals surface area contributed by atoms with Crippen LogP contribution in [0, 0.1) is 35.2 Å². The summed E-state index contributed by atoms with van der Waals surface area (Å²) in [5, 5.41) is 31.4. The fraction of sp³-hybridized carbons (Fsp3) is 0.483. The van der Waals surface area contributed by atoms with E-state index in [1.165, 1.54) is 66.6 Å². The van der Waals surface area contributed by atoms with Crippen molar-refractivity contribution in [2.24, 2.45) is 17.8 Å². The molecule has 6 aromatic carbocycles. The van der Waals surface area contributed by atoms with Crippen molar-refractivity contribution in [3.05, 3.63) is 160 Å². The maximum absolute atomic E-state index is 14.8. The SMILES string of the molecule is CCOC(=O)CCC(=O)N(C1CC1)[C@H]1c2cc(F)ccc2N(C(=O)c2ccc(OC(F)(F)F)c(OC)c2)[C@H]2CCC[C@H]21.CCOC(=O)CCC(=O)N(C1CC1)[C@H]1c2cc(F)ccc2N[C@H]2CCC[C@H]21.COc1cc(C(=O)O)ccc1OC(F)(F)F.O=C(O)CCC(=O)N(C1CC1)[C@H]1c2cc(F)ccc2N(C(=O)c2ccc(OC(F)(F)F)c(O)c2)[C@H]2CCC[C@H]21. The second-order valence-electron chi connectivity index (χ2n) is 31.5.